The van der Waals surface area contributed by atoms with Crippen LogP contribution in [0.4, 0.5) is 0 Å². The third kappa shape index (κ3) is 2.59. The largest absolute Gasteiger partial charge is 0.444 e. The Kier molecular flexibility index (Phi) is 3.44. The van der Waals surface area contributed by atoms with Crippen molar-refractivity contribution in [2.45, 2.75) is 13.1 Å². The predicted molar refractivity (Wildman–Crippen MR) is 73.8 cm³/mol. The summed E-state index contributed by atoms with van der Waals surface area (Å²) in [7, 11) is 0. The van der Waals surface area contributed by atoms with Gasteiger partial charge in [0.1, 0.15) is 5.58 Å². The Labute approximate surface area is 115 Å². The first-order valence-electron chi connectivity index (χ1n) is 5.98. The molecule has 0 aliphatic heterocycles. The number of rotatable bonds is 4. The van der Waals surface area contributed by atoms with E-state index in [2.05, 4.69) is 15.5 Å². The number of aromatic nitrogens is 2. The number of nitrogens with zero attached hydrogens (tertiary/aromatic N) is 2. The number of benzene rings is 1. The summed E-state index contributed by atoms with van der Waals surface area (Å²) in [5, 5.41) is 12.6. The molecule has 0 fully saturated rings. The Morgan fingerprint density at radius 1 is 1.11 bits per heavy atom. The molecule has 0 saturated heterocycles. The number of furan rings is 1. The van der Waals surface area contributed by atoms with Gasteiger partial charge in [0.25, 0.3) is 0 Å². The van der Waals surface area contributed by atoms with E-state index in [1.165, 1.54) is 0 Å². The third-order valence-corrected chi connectivity index (χ3v) is 3.19. The molecule has 0 aliphatic carbocycles. The predicted octanol–water partition coefficient (Wildman–Crippen LogP) is 3.17. The number of fused-ring (bicyclic) bond motifs is 1. The van der Waals surface area contributed by atoms with Crippen LogP contribution in [0.25, 0.3) is 11.0 Å². The van der Waals surface area contributed by atoms with Gasteiger partial charge in [-0.1, -0.05) is 18.2 Å². The molecule has 19 heavy (non-hydrogen) atoms. The van der Waals surface area contributed by atoms with Crippen molar-refractivity contribution >= 4 is 22.6 Å². The molecule has 0 radical (unpaired) electrons. The molecule has 0 aliphatic rings. The Hall–Kier alpha value is -1.91. The number of nitrogens with one attached hydrogen (secondary N) is 1. The summed E-state index contributed by atoms with van der Waals surface area (Å²) >= 11 is 6.11. The molecular formula is C14H12ClN3O. The zero-order chi connectivity index (χ0) is 13.1. The summed E-state index contributed by atoms with van der Waals surface area (Å²) in [6.07, 6.45) is 1.66. The van der Waals surface area contributed by atoms with Gasteiger partial charge in [-0.05, 0) is 29.8 Å². The third-order valence-electron chi connectivity index (χ3n) is 2.88. The minimum Gasteiger partial charge on any atom is -0.444 e. The van der Waals surface area contributed by atoms with Gasteiger partial charge < -0.3 is 9.73 Å². The van der Waals surface area contributed by atoms with Crippen LogP contribution in [0, 0.1) is 0 Å². The zero-order valence-electron chi connectivity index (χ0n) is 10.1. The fourth-order valence-corrected chi connectivity index (χ4v) is 2.23. The molecule has 5 heteroatoms. The average Bonchev–Trinajstić information content (AvgIpc) is 2.76. The maximum absolute atomic E-state index is 6.11. The quantitative estimate of drug-likeness (QED) is 0.793. The molecule has 0 amide bonds. The van der Waals surface area contributed by atoms with Crippen LogP contribution < -0.4 is 5.32 Å². The molecule has 2 heterocycles. The van der Waals surface area contributed by atoms with E-state index in [1.54, 1.807) is 6.20 Å². The molecule has 3 rings (SSSR count). The summed E-state index contributed by atoms with van der Waals surface area (Å²) in [5.74, 6) is 0. The van der Waals surface area contributed by atoms with Crippen molar-refractivity contribution in [3.63, 3.8) is 0 Å². The lowest BCUT2D eigenvalue weighted by Crippen LogP contribution is -2.13. The van der Waals surface area contributed by atoms with E-state index in [0.29, 0.717) is 18.3 Å². The van der Waals surface area contributed by atoms with E-state index in [4.69, 9.17) is 16.0 Å². The summed E-state index contributed by atoms with van der Waals surface area (Å²) in [5.41, 5.74) is 2.68. The summed E-state index contributed by atoms with van der Waals surface area (Å²) < 4.78 is 5.50. The second kappa shape index (κ2) is 5.38. The molecule has 2 aromatic heterocycles. The minimum absolute atomic E-state index is 0.438. The molecule has 4 nitrogen and oxygen atoms in total. The van der Waals surface area contributed by atoms with Crippen LogP contribution in [-0.4, -0.2) is 10.2 Å². The molecule has 0 atom stereocenters. The monoisotopic (exact) mass is 273 g/mol. The maximum atomic E-state index is 6.11. The Morgan fingerprint density at radius 3 is 2.84 bits per heavy atom. The van der Waals surface area contributed by atoms with Gasteiger partial charge in [-0.2, -0.15) is 10.2 Å². The number of hydrogen-bond acceptors (Lipinski definition) is 4. The van der Waals surface area contributed by atoms with E-state index in [0.717, 1.165) is 22.2 Å². The van der Waals surface area contributed by atoms with Crippen molar-refractivity contribution in [2.75, 3.05) is 0 Å². The van der Waals surface area contributed by atoms with Crippen LogP contribution in [0.2, 0.25) is 5.22 Å². The van der Waals surface area contributed by atoms with Crippen LogP contribution in [0.15, 0.2) is 47.0 Å². The molecular weight excluding hydrogens is 262 g/mol. The zero-order valence-corrected chi connectivity index (χ0v) is 10.9. The standard InChI is InChI=1S/C14H12ClN3O/c15-14-12(11-5-1-2-6-13(11)19-14)9-16-8-10-4-3-7-17-18-10/h1-7,16H,8-9H2. The van der Waals surface area contributed by atoms with Crippen molar-refractivity contribution < 1.29 is 4.42 Å². The van der Waals surface area contributed by atoms with E-state index >= 15 is 0 Å². The molecule has 0 bridgehead atoms. The lowest BCUT2D eigenvalue weighted by Gasteiger charge is -2.02. The summed E-state index contributed by atoms with van der Waals surface area (Å²) in [6, 6.07) is 11.6. The van der Waals surface area contributed by atoms with Gasteiger partial charge >= 0.3 is 0 Å². The van der Waals surface area contributed by atoms with Crippen LogP contribution >= 0.6 is 11.6 Å². The number of para-hydroxylation sites is 1. The first-order valence-corrected chi connectivity index (χ1v) is 6.35. The van der Waals surface area contributed by atoms with Gasteiger partial charge in [0.2, 0.25) is 0 Å². The molecule has 1 N–H and O–H groups in total. The smallest absolute Gasteiger partial charge is 0.199 e. The van der Waals surface area contributed by atoms with Gasteiger partial charge in [-0.15, -0.1) is 0 Å². The molecule has 0 saturated carbocycles. The highest BCUT2D eigenvalue weighted by atomic mass is 35.5. The van der Waals surface area contributed by atoms with E-state index in [9.17, 15) is 0 Å². The summed E-state index contributed by atoms with van der Waals surface area (Å²) in [6.45, 7) is 1.27. The van der Waals surface area contributed by atoms with Gasteiger partial charge in [0.05, 0.1) is 5.69 Å². The van der Waals surface area contributed by atoms with E-state index in [-0.39, 0.29) is 0 Å². The van der Waals surface area contributed by atoms with Gasteiger partial charge in [-0.3, -0.25) is 0 Å². The van der Waals surface area contributed by atoms with Crippen molar-refractivity contribution in [3.05, 3.63) is 59.1 Å². The molecule has 3 aromatic rings. The number of hydrogen-bond donors (Lipinski definition) is 1. The highest BCUT2D eigenvalue weighted by Crippen LogP contribution is 2.29. The Bertz CT molecular complexity index is 681. The highest BCUT2D eigenvalue weighted by Gasteiger charge is 2.11. The number of halogens is 1. The van der Waals surface area contributed by atoms with Crippen molar-refractivity contribution in [3.8, 4) is 0 Å². The van der Waals surface area contributed by atoms with E-state index in [1.807, 2.05) is 36.4 Å². The Morgan fingerprint density at radius 2 is 2.00 bits per heavy atom. The van der Waals surface area contributed by atoms with Crippen molar-refractivity contribution in [1.29, 1.82) is 0 Å². The second-order valence-electron chi connectivity index (χ2n) is 4.17. The maximum Gasteiger partial charge on any atom is 0.199 e. The highest BCUT2D eigenvalue weighted by molar-refractivity contribution is 6.30. The van der Waals surface area contributed by atoms with E-state index < -0.39 is 0 Å². The first-order chi connectivity index (χ1) is 9.34. The van der Waals surface area contributed by atoms with Crippen molar-refractivity contribution in [1.82, 2.24) is 15.5 Å². The first kappa shape index (κ1) is 12.1. The molecule has 96 valence electrons. The topological polar surface area (TPSA) is 51.0 Å². The van der Waals surface area contributed by atoms with Crippen LogP contribution in [-0.2, 0) is 13.1 Å². The Balaban J connectivity index is 1.73. The normalized spacial score (nSPS) is 11.0. The van der Waals surface area contributed by atoms with Crippen molar-refractivity contribution in [2.24, 2.45) is 0 Å². The average molecular weight is 274 g/mol. The fraction of sp³-hybridized carbons (Fsp3) is 0.143. The fourth-order valence-electron chi connectivity index (χ4n) is 1.98. The van der Waals surface area contributed by atoms with Gasteiger partial charge in [-0.25, -0.2) is 0 Å². The lowest BCUT2D eigenvalue weighted by atomic mass is 10.2. The second-order valence-corrected chi connectivity index (χ2v) is 4.51. The molecule has 1 aromatic carbocycles. The van der Waals surface area contributed by atoms with Gasteiger partial charge in [0, 0.05) is 30.2 Å². The van der Waals surface area contributed by atoms with Crippen LogP contribution in [0.1, 0.15) is 11.3 Å². The van der Waals surface area contributed by atoms with Crippen LogP contribution in [0.3, 0.4) is 0 Å². The molecule has 0 unspecified atom stereocenters. The summed E-state index contributed by atoms with van der Waals surface area (Å²) in [4.78, 5) is 0. The SMILES string of the molecule is Clc1oc2ccccc2c1CNCc1cccnn1. The molecule has 0 spiro atoms. The van der Waals surface area contributed by atoms with Gasteiger partial charge in [0.15, 0.2) is 5.22 Å². The van der Waals surface area contributed by atoms with Crippen LogP contribution in [0.5, 0.6) is 0 Å². The minimum atomic E-state index is 0.438. The lowest BCUT2D eigenvalue weighted by molar-refractivity contribution is 0.602.